The Morgan fingerprint density at radius 3 is 2.33 bits per heavy atom. The Morgan fingerprint density at radius 2 is 1.70 bits per heavy atom. The SMILES string of the molecule is O=C(COC(=O)c1ccc(N2CCCC2)c([N+](=O)[O-])c1)c1ccc(Cl)cc1. The van der Waals surface area contributed by atoms with Gasteiger partial charge in [0.15, 0.2) is 12.4 Å². The number of benzene rings is 2. The van der Waals surface area contributed by atoms with E-state index < -0.39 is 17.5 Å². The number of hydrogen-bond acceptors (Lipinski definition) is 6. The third-order valence-corrected chi connectivity index (χ3v) is 4.61. The van der Waals surface area contributed by atoms with Crippen molar-refractivity contribution in [2.75, 3.05) is 24.6 Å². The van der Waals surface area contributed by atoms with Crippen LogP contribution in [0.5, 0.6) is 0 Å². The zero-order chi connectivity index (χ0) is 19.4. The zero-order valence-corrected chi connectivity index (χ0v) is 15.1. The molecule has 0 spiro atoms. The monoisotopic (exact) mass is 388 g/mol. The van der Waals surface area contributed by atoms with Crippen LogP contribution in [0, 0.1) is 10.1 Å². The fourth-order valence-corrected chi connectivity index (χ4v) is 3.08. The number of carbonyl (C=O) groups is 2. The molecule has 0 amide bonds. The molecule has 0 radical (unpaired) electrons. The number of nitrogens with zero attached hydrogens (tertiary/aromatic N) is 2. The summed E-state index contributed by atoms with van der Waals surface area (Å²) in [6.07, 6.45) is 1.96. The first-order valence-electron chi connectivity index (χ1n) is 8.45. The molecule has 27 heavy (non-hydrogen) atoms. The van der Waals surface area contributed by atoms with Gasteiger partial charge >= 0.3 is 5.97 Å². The van der Waals surface area contributed by atoms with Crippen molar-refractivity contribution in [1.82, 2.24) is 0 Å². The lowest BCUT2D eigenvalue weighted by Gasteiger charge is -2.17. The number of rotatable bonds is 6. The molecule has 0 N–H and O–H groups in total. The van der Waals surface area contributed by atoms with Crippen LogP contribution in [0.15, 0.2) is 42.5 Å². The number of nitro benzene ring substituents is 1. The Kier molecular flexibility index (Phi) is 5.71. The standard InChI is InChI=1S/C19H17ClN2O5/c20-15-6-3-13(4-7-15)18(23)12-27-19(24)14-5-8-16(17(11-14)22(25)26)21-9-1-2-10-21/h3-8,11H,1-2,9-10,12H2. The maximum Gasteiger partial charge on any atom is 0.338 e. The lowest BCUT2D eigenvalue weighted by molar-refractivity contribution is -0.384. The predicted octanol–water partition coefficient (Wildman–Crippen LogP) is 3.89. The highest BCUT2D eigenvalue weighted by Gasteiger charge is 2.24. The second kappa shape index (κ2) is 8.18. The molecule has 2 aromatic rings. The average Bonchev–Trinajstić information content (AvgIpc) is 3.20. The third kappa shape index (κ3) is 4.43. The Labute approximate surface area is 160 Å². The Hall–Kier alpha value is -2.93. The quantitative estimate of drug-likeness (QED) is 0.323. The molecule has 1 heterocycles. The molecule has 0 aliphatic carbocycles. The Balaban J connectivity index is 1.70. The number of esters is 1. The van der Waals surface area contributed by atoms with Crippen LogP contribution in [-0.4, -0.2) is 36.4 Å². The van der Waals surface area contributed by atoms with Crippen molar-refractivity contribution in [1.29, 1.82) is 0 Å². The van der Waals surface area contributed by atoms with Crippen molar-refractivity contribution in [2.45, 2.75) is 12.8 Å². The van der Waals surface area contributed by atoms with Crippen molar-refractivity contribution < 1.29 is 19.2 Å². The van der Waals surface area contributed by atoms with Gasteiger partial charge in [-0.25, -0.2) is 4.79 Å². The number of nitro groups is 1. The van der Waals surface area contributed by atoms with Crippen molar-refractivity contribution in [3.05, 3.63) is 68.7 Å². The van der Waals surface area contributed by atoms with Crippen LogP contribution in [0.2, 0.25) is 5.02 Å². The van der Waals surface area contributed by atoms with Crippen LogP contribution in [0.4, 0.5) is 11.4 Å². The van der Waals surface area contributed by atoms with Gasteiger partial charge in [0, 0.05) is 29.7 Å². The molecule has 2 aromatic carbocycles. The summed E-state index contributed by atoms with van der Waals surface area (Å²) >= 11 is 5.77. The summed E-state index contributed by atoms with van der Waals surface area (Å²) in [5.74, 6) is -1.17. The molecule has 1 saturated heterocycles. The lowest BCUT2D eigenvalue weighted by atomic mass is 10.1. The maximum absolute atomic E-state index is 12.2. The number of ketones is 1. The zero-order valence-electron chi connectivity index (χ0n) is 14.4. The number of halogens is 1. The van der Waals surface area contributed by atoms with Gasteiger partial charge in [-0.3, -0.25) is 14.9 Å². The highest BCUT2D eigenvalue weighted by molar-refractivity contribution is 6.30. The molecular weight excluding hydrogens is 372 g/mol. The number of hydrogen-bond donors (Lipinski definition) is 0. The van der Waals surface area contributed by atoms with Gasteiger partial charge in [-0.1, -0.05) is 11.6 Å². The molecule has 1 aliphatic heterocycles. The first-order chi connectivity index (χ1) is 13.0. The summed E-state index contributed by atoms with van der Waals surface area (Å²) in [6, 6.07) is 10.4. The van der Waals surface area contributed by atoms with E-state index in [0.717, 1.165) is 25.9 Å². The lowest BCUT2D eigenvalue weighted by Crippen LogP contribution is -2.19. The van der Waals surface area contributed by atoms with E-state index >= 15 is 0 Å². The van der Waals surface area contributed by atoms with Gasteiger partial charge in [0.25, 0.3) is 5.69 Å². The van der Waals surface area contributed by atoms with Crippen LogP contribution in [0.1, 0.15) is 33.6 Å². The highest BCUT2D eigenvalue weighted by atomic mass is 35.5. The normalized spacial score (nSPS) is 13.4. The van der Waals surface area contributed by atoms with Crippen LogP contribution < -0.4 is 4.90 Å². The minimum atomic E-state index is -0.784. The summed E-state index contributed by atoms with van der Waals surface area (Å²) in [4.78, 5) is 37.1. The van der Waals surface area contributed by atoms with Gasteiger partial charge in [0.05, 0.1) is 10.5 Å². The molecule has 0 unspecified atom stereocenters. The first-order valence-corrected chi connectivity index (χ1v) is 8.83. The van der Waals surface area contributed by atoms with E-state index in [1.165, 1.54) is 24.3 Å². The van der Waals surface area contributed by atoms with E-state index in [1.54, 1.807) is 18.2 Å². The molecule has 140 valence electrons. The molecular formula is C19H17ClN2O5. The number of ether oxygens (including phenoxy) is 1. The van der Waals surface area contributed by atoms with Crippen molar-refractivity contribution >= 4 is 34.7 Å². The fraction of sp³-hybridized carbons (Fsp3) is 0.263. The molecule has 7 nitrogen and oxygen atoms in total. The van der Waals surface area contributed by atoms with Crippen LogP contribution in [-0.2, 0) is 4.74 Å². The summed E-state index contributed by atoms with van der Waals surface area (Å²) in [5, 5.41) is 11.9. The fourth-order valence-electron chi connectivity index (χ4n) is 2.96. The molecule has 8 heteroatoms. The number of anilines is 1. The minimum Gasteiger partial charge on any atom is -0.454 e. The van der Waals surface area contributed by atoms with Crippen LogP contribution in [0.3, 0.4) is 0 Å². The molecule has 1 fully saturated rings. The molecule has 0 saturated carbocycles. The average molecular weight is 389 g/mol. The molecule has 1 aliphatic rings. The molecule has 0 aromatic heterocycles. The van der Waals surface area contributed by atoms with E-state index in [1.807, 2.05) is 4.90 Å². The summed E-state index contributed by atoms with van der Waals surface area (Å²) in [7, 11) is 0. The minimum absolute atomic E-state index is 0.0357. The van der Waals surface area contributed by atoms with Gasteiger partial charge in [-0.05, 0) is 49.2 Å². The highest BCUT2D eigenvalue weighted by Crippen LogP contribution is 2.31. The molecule has 3 rings (SSSR count). The van der Waals surface area contributed by atoms with Gasteiger partial charge < -0.3 is 9.64 Å². The number of Topliss-reactive ketones (excluding diaryl/α,β-unsaturated/α-hetero) is 1. The predicted molar refractivity (Wildman–Crippen MR) is 101 cm³/mol. The maximum atomic E-state index is 12.2. The first kappa shape index (κ1) is 18.8. The van der Waals surface area contributed by atoms with Crippen LogP contribution >= 0.6 is 11.6 Å². The second-order valence-electron chi connectivity index (χ2n) is 6.16. The van der Waals surface area contributed by atoms with Crippen molar-refractivity contribution in [2.24, 2.45) is 0 Å². The number of carbonyl (C=O) groups excluding carboxylic acids is 2. The Morgan fingerprint density at radius 1 is 1.07 bits per heavy atom. The van der Waals surface area contributed by atoms with Crippen molar-refractivity contribution in [3.8, 4) is 0 Å². The third-order valence-electron chi connectivity index (χ3n) is 4.36. The van der Waals surface area contributed by atoms with E-state index in [-0.39, 0.29) is 17.0 Å². The molecule has 0 atom stereocenters. The summed E-state index contributed by atoms with van der Waals surface area (Å²) in [6.45, 7) is 1.04. The van der Waals surface area contributed by atoms with Gasteiger partial charge in [-0.15, -0.1) is 0 Å². The van der Waals surface area contributed by atoms with Crippen molar-refractivity contribution in [3.63, 3.8) is 0 Å². The van der Waals surface area contributed by atoms with E-state index in [4.69, 9.17) is 16.3 Å². The topological polar surface area (TPSA) is 89.8 Å². The van der Waals surface area contributed by atoms with Gasteiger partial charge in [0.2, 0.25) is 0 Å². The second-order valence-corrected chi connectivity index (χ2v) is 6.60. The van der Waals surface area contributed by atoms with Gasteiger partial charge in [-0.2, -0.15) is 0 Å². The summed E-state index contributed by atoms with van der Waals surface area (Å²) < 4.78 is 5.02. The van der Waals surface area contributed by atoms with E-state index in [2.05, 4.69) is 0 Å². The largest absolute Gasteiger partial charge is 0.454 e. The molecule has 0 bridgehead atoms. The summed E-state index contributed by atoms with van der Waals surface area (Å²) in [5.41, 5.74) is 0.748. The van der Waals surface area contributed by atoms with E-state index in [9.17, 15) is 19.7 Å². The van der Waals surface area contributed by atoms with Gasteiger partial charge in [0.1, 0.15) is 5.69 Å². The van der Waals surface area contributed by atoms with E-state index in [0.29, 0.717) is 16.3 Å². The Bertz CT molecular complexity index is 876. The van der Waals surface area contributed by atoms with Crippen LogP contribution in [0.25, 0.3) is 0 Å². The smallest absolute Gasteiger partial charge is 0.338 e.